The van der Waals surface area contributed by atoms with Crippen LogP contribution in [0.5, 0.6) is 0 Å². The number of carbonyl (C=O) groups is 1. The molecular formula is C12H22N2O3S. The van der Waals surface area contributed by atoms with E-state index in [0.717, 1.165) is 44.3 Å². The van der Waals surface area contributed by atoms with Gasteiger partial charge in [-0.3, -0.25) is 9.69 Å². The summed E-state index contributed by atoms with van der Waals surface area (Å²) in [5.41, 5.74) is 0. The summed E-state index contributed by atoms with van der Waals surface area (Å²) in [4.78, 5) is 15.5. The molecule has 2 heterocycles. The third-order valence-corrected chi connectivity index (χ3v) is 4.63. The zero-order valence-corrected chi connectivity index (χ0v) is 11.7. The van der Waals surface area contributed by atoms with Crippen molar-refractivity contribution in [1.82, 2.24) is 9.80 Å². The van der Waals surface area contributed by atoms with Crippen LogP contribution in [0, 0.1) is 0 Å². The van der Waals surface area contributed by atoms with E-state index in [9.17, 15) is 4.79 Å². The molecule has 0 saturated carbocycles. The van der Waals surface area contributed by atoms with Crippen molar-refractivity contribution in [2.45, 2.75) is 18.6 Å². The predicted octanol–water partition coefficient (Wildman–Crippen LogP) is 0.209. The Morgan fingerprint density at radius 1 is 1.50 bits per heavy atom. The maximum Gasteiger partial charge on any atom is 0.304 e. The molecule has 0 radical (unpaired) electrons. The molecule has 104 valence electrons. The maximum atomic E-state index is 10.9. The third kappa shape index (κ3) is 4.12. The molecule has 2 saturated heterocycles. The fourth-order valence-corrected chi connectivity index (χ4v) is 3.69. The lowest BCUT2D eigenvalue weighted by atomic mass is 10.1. The van der Waals surface area contributed by atoms with Crippen LogP contribution >= 0.6 is 11.8 Å². The van der Waals surface area contributed by atoms with E-state index in [2.05, 4.69) is 16.8 Å². The Labute approximate surface area is 112 Å². The maximum absolute atomic E-state index is 10.9. The van der Waals surface area contributed by atoms with Gasteiger partial charge in [-0.05, 0) is 7.05 Å². The van der Waals surface area contributed by atoms with Crippen LogP contribution in [0.1, 0.15) is 6.42 Å². The van der Waals surface area contributed by atoms with E-state index >= 15 is 0 Å². The van der Waals surface area contributed by atoms with Crippen LogP contribution in [0.25, 0.3) is 0 Å². The number of morpholine rings is 1. The number of rotatable bonds is 4. The van der Waals surface area contributed by atoms with Crippen LogP contribution in [0.2, 0.25) is 0 Å². The zero-order valence-electron chi connectivity index (χ0n) is 10.9. The minimum Gasteiger partial charge on any atom is -0.481 e. The Morgan fingerprint density at radius 2 is 2.33 bits per heavy atom. The van der Waals surface area contributed by atoms with Gasteiger partial charge in [0.1, 0.15) is 0 Å². The van der Waals surface area contributed by atoms with E-state index in [1.54, 1.807) is 0 Å². The molecule has 0 aromatic heterocycles. The van der Waals surface area contributed by atoms with Gasteiger partial charge in [-0.25, -0.2) is 0 Å². The summed E-state index contributed by atoms with van der Waals surface area (Å²) in [6.07, 6.45) is 0.471. The summed E-state index contributed by atoms with van der Waals surface area (Å²) in [7, 11) is 2.11. The molecule has 0 spiro atoms. The second-order valence-corrected chi connectivity index (χ2v) is 6.23. The highest BCUT2D eigenvalue weighted by atomic mass is 32.2. The summed E-state index contributed by atoms with van der Waals surface area (Å²) in [5.74, 6) is 1.32. The molecule has 0 aliphatic carbocycles. The minimum absolute atomic E-state index is 0.164. The molecular weight excluding hydrogens is 252 g/mol. The topological polar surface area (TPSA) is 53.0 Å². The first-order valence-electron chi connectivity index (χ1n) is 6.49. The first-order chi connectivity index (χ1) is 8.65. The second-order valence-electron chi connectivity index (χ2n) is 5.08. The quantitative estimate of drug-likeness (QED) is 0.791. The summed E-state index contributed by atoms with van der Waals surface area (Å²) in [5, 5.41) is 8.96. The van der Waals surface area contributed by atoms with Crippen molar-refractivity contribution in [3.05, 3.63) is 0 Å². The summed E-state index contributed by atoms with van der Waals surface area (Å²) < 4.78 is 5.77. The normalized spacial score (nSPS) is 31.4. The monoisotopic (exact) mass is 274 g/mol. The number of thioether (sulfide) groups is 1. The van der Waals surface area contributed by atoms with Gasteiger partial charge in [0.25, 0.3) is 0 Å². The van der Waals surface area contributed by atoms with E-state index in [-0.39, 0.29) is 18.6 Å². The van der Waals surface area contributed by atoms with Crippen LogP contribution < -0.4 is 0 Å². The van der Waals surface area contributed by atoms with Gasteiger partial charge in [0.05, 0.1) is 19.1 Å². The van der Waals surface area contributed by atoms with Gasteiger partial charge in [-0.15, -0.1) is 0 Å². The molecule has 18 heavy (non-hydrogen) atoms. The average Bonchev–Trinajstić information content (AvgIpc) is 2.31. The number of nitrogens with zero attached hydrogens (tertiary/aromatic N) is 2. The molecule has 2 aliphatic heterocycles. The Hall–Kier alpha value is -0.300. The molecule has 2 atom stereocenters. The number of carboxylic acid groups (broad SMARTS) is 1. The van der Waals surface area contributed by atoms with Crippen LogP contribution in [0.15, 0.2) is 0 Å². The van der Waals surface area contributed by atoms with Gasteiger partial charge in [0, 0.05) is 43.7 Å². The molecule has 0 aromatic rings. The van der Waals surface area contributed by atoms with Gasteiger partial charge in [0.2, 0.25) is 0 Å². The van der Waals surface area contributed by atoms with Gasteiger partial charge >= 0.3 is 5.97 Å². The summed E-state index contributed by atoms with van der Waals surface area (Å²) >= 11 is 1.86. The first-order valence-corrected chi connectivity index (χ1v) is 7.64. The van der Waals surface area contributed by atoms with Crippen molar-refractivity contribution >= 4 is 17.7 Å². The van der Waals surface area contributed by atoms with Crippen molar-refractivity contribution in [3.63, 3.8) is 0 Å². The van der Waals surface area contributed by atoms with Crippen LogP contribution in [0.3, 0.4) is 0 Å². The largest absolute Gasteiger partial charge is 0.481 e. The Bertz CT molecular complexity index is 290. The van der Waals surface area contributed by atoms with E-state index in [0.29, 0.717) is 0 Å². The molecule has 2 unspecified atom stereocenters. The smallest absolute Gasteiger partial charge is 0.304 e. The second kappa shape index (κ2) is 6.75. The van der Waals surface area contributed by atoms with Crippen LogP contribution in [0.4, 0.5) is 0 Å². The molecule has 0 amide bonds. The highest BCUT2D eigenvalue weighted by Gasteiger charge is 2.28. The first kappa shape index (κ1) is 14.1. The Morgan fingerprint density at radius 3 is 3.06 bits per heavy atom. The lowest BCUT2D eigenvalue weighted by Crippen LogP contribution is -2.51. The van der Waals surface area contributed by atoms with E-state index in [4.69, 9.17) is 9.84 Å². The molecule has 2 aliphatic rings. The summed E-state index contributed by atoms with van der Waals surface area (Å²) in [6.45, 7) is 4.57. The fourth-order valence-electron chi connectivity index (χ4n) is 2.56. The lowest BCUT2D eigenvalue weighted by Gasteiger charge is -2.39. The number of hydrogen-bond donors (Lipinski definition) is 1. The lowest BCUT2D eigenvalue weighted by molar-refractivity contribution is -0.138. The van der Waals surface area contributed by atoms with Crippen molar-refractivity contribution in [1.29, 1.82) is 0 Å². The van der Waals surface area contributed by atoms with Gasteiger partial charge < -0.3 is 14.7 Å². The van der Waals surface area contributed by atoms with Crippen molar-refractivity contribution in [3.8, 4) is 0 Å². The molecule has 0 bridgehead atoms. The number of likely N-dealkylation sites (N-methyl/N-ethyl adjacent to an activating group) is 1. The highest BCUT2D eigenvalue weighted by Crippen LogP contribution is 2.20. The van der Waals surface area contributed by atoms with Crippen molar-refractivity contribution in [2.75, 3.05) is 51.3 Å². The SMILES string of the molecule is CN1CCOC(CN2CCSCC2CC(=O)O)C1. The van der Waals surface area contributed by atoms with Gasteiger partial charge in [-0.1, -0.05) is 0 Å². The summed E-state index contributed by atoms with van der Waals surface area (Å²) in [6, 6.07) is 0.164. The third-order valence-electron chi connectivity index (χ3n) is 3.54. The zero-order chi connectivity index (χ0) is 13.0. The minimum atomic E-state index is -0.700. The van der Waals surface area contributed by atoms with Gasteiger partial charge in [-0.2, -0.15) is 11.8 Å². The number of aliphatic carboxylic acids is 1. The predicted molar refractivity (Wildman–Crippen MR) is 72.2 cm³/mol. The van der Waals surface area contributed by atoms with Gasteiger partial charge in [0.15, 0.2) is 0 Å². The molecule has 0 aromatic carbocycles. The number of hydrogen-bond acceptors (Lipinski definition) is 5. The number of ether oxygens (including phenoxy) is 1. The fraction of sp³-hybridized carbons (Fsp3) is 0.917. The van der Waals surface area contributed by atoms with Crippen LogP contribution in [-0.4, -0.2) is 84.4 Å². The molecule has 5 nitrogen and oxygen atoms in total. The average molecular weight is 274 g/mol. The van der Waals surface area contributed by atoms with Crippen LogP contribution in [-0.2, 0) is 9.53 Å². The Kier molecular flexibility index (Phi) is 5.29. The van der Waals surface area contributed by atoms with E-state index in [1.807, 2.05) is 11.8 Å². The van der Waals surface area contributed by atoms with Crippen molar-refractivity contribution in [2.24, 2.45) is 0 Å². The molecule has 2 fully saturated rings. The molecule has 6 heteroatoms. The van der Waals surface area contributed by atoms with E-state index < -0.39 is 5.97 Å². The molecule has 1 N–H and O–H groups in total. The van der Waals surface area contributed by atoms with Crippen molar-refractivity contribution < 1.29 is 14.6 Å². The standard InChI is InChI=1S/C12H22N2O3S/c1-13-2-4-17-11(7-13)8-14-3-5-18-9-10(14)6-12(15)16/h10-11H,2-9H2,1H3,(H,15,16). The van der Waals surface area contributed by atoms with E-state index in [1.165, 1.54) is 0 Å². The molecule has 2 rings (SSSR count). The Balaban J connectivity index is 1.86. The number of carboxylic acids is 1. The highest BCUT2D eigenvalue weighted by molar-refractivity contribution is 7.99.